The van der Waals surface area contributed by atoms with Crippen molar-refractivity contribution in [2.24, 2.45) is 11.7 Å². The smallest absolute Gasteiger partial charge is 0.222 e. The van der Waals surface area contributed by atoms with Crippen molar-refractivity contribution >= 4 is 11.8 Å². The number of carbonyl (C=O) groups is 2. The molecule has 0 saturated heterocycles. The lowest BCUT2D eigenvalue weighted by Crippen LogP contribution is -2.46. The van der Waals surface area contributed by atoms with Crippen LogP contribution in [0.2, 0.25) is 0 Å². The number of benzene rings is 1. The third-order valence-electron chi connectivity index (χ3n) is 5.09. The average molecular weight is 345 g/mol. The average Bonchev–Trinajstić information content (AvgIpc) is 2.64. The molecule has 1 saturated carbocycles. The Morgan fingerprint density at radius 1 is 1.20 bits per heavy atom. The summed E-state index contributed by atoms with van der Waals surface area (Å²) < 4.78 is 0. The molecule has 1 unspecified atom stereocenters. The molecule has 0 bridgehead atoms. The molecule has 1 fully saturated rings. The summed E-state index contributed by atoms with van der Waals surface area (Å²) in [6.07, 6.45) is 6.36. The predicted octanol–water partition coefficient (Wildman–Crippen LogP) is 2.45. The van der Waals surface area contributed by atoms with Gasteiger partial charge < -0.3 is 16.0 Å². The molecule has 2 amide bonds. The van der Waals surface area contributed by atoms with Crippen molar-refractivity contribution < 1.29 is 9.59 Å². The summed E-state index contributed by atoms with van der Waals surface area (Å²) in [4.78, 5) is 25.9. The minimum atomic E-state index is -0.0145. The quantitative estimate of drug-likeness (QED) is 0.760. The fourth-order valence-electron chi connectivity index (χ4n) is 3.57. The fourth-order valence-corrected chi connectivity index (χ4v) is 3.57. The maximum atomic E-state index is 12.3. The van der Waals surface area contributed by atoms with Crippen molar-refractivity contribution in [1.82, 2.24) is 10.2 Å². The van der Waals surface area contributed by atoms with Crippen LogP contribution in [0, 0.1) is 5.92 Å². The number of carbonyl (C=O) groups excluding carboxylic acids is 2. The highest BCUT2D eigenvalue weighted by atomic mass is 16.2. The van der Waals surface area contributed by atoms with Gasteiger partial charge in [-0.05, 0) is 24.3 Å². The van der Waals surface area contributed by atoms with E-state index in [9.17, 15) is 9.59 Å². The zero-order valence-electron chi connectivity index (χ0n) is 15.2. The first-order valence-electron chi connectivity index (χ1n) is 9.39. The molecule has 1 atom stereocenters. The molecule has 5 heteroatoms. The van der Waals surface area contributed by atoms with Crippen molar-refractivity contribution in [2.45, 2.75) is 58.0 Å². The van der Waals surface area contributed by atoms with E-state index < -0.39 is 0 Å². The van der Waals surface area contributed by atoms with Crippen LogP contribution in [0.1, 0.15) is 51.0 Å². The zero-order valence-corrected chi connectivity index (χ0v) is 15.2. The highest BCUT2D eigenvalue weighted by Gasteiger charge is 2.24. The van der Waals surface area contributed by atoms with E-state index in [1.54, 1.807) is 11.8 Å². The lowest BCUT2D eigenvalue weighted by molar-refractivity contribution is -0.130. The van der Waals surface area contributed by atoms with Crippen LogP contribution in [0.4, 0.5) is 0 Å². The Morgan fingerprint density at radius 3 is 2.48 bits per heavy atom. The number of rotatable bonds is 8. The summed E-state index contributed by atoms with van der Waals surface area (Å²) >= 11 is 0. The molecule has 0 spiro atoms. The minimum Gasteiger partial charge on any atom is -0.352 e. The van der Waals surface area contributed by atoms with Gasteiger partial charge >= 0.3 is 0 Å². The monoisotopic (exact) mass is 345 g/mol. The third-order valence-corrected chi connectivity index (χ3v) is 5.09. The van der Waals surface area contributed by atoms with E-state index in [0.717, 1.165) is 18.4 Å². The van der Waals surface area contributed by atoms with Crippen LogP contribution in [-0.2, 0) is 16.1 Å². The normalized spacial score (nSPS) is 16.2. The third kappa shape index (κ3) is 6.50. The summed E-state index contributed by atoms with van der Waals surface area (Å²) in [5, 5.41) is 3.09. The van der Waals surface area contributed by atoms with E-state index in [0.29, 0.717) is 32.0 Å². The summed E-state index contributed by atoms with van der Waals surface area (Å²) in [6.45, 7) is 2.99. The molecule has 0 aromatic heterocycles. The van der Waals surface area contributed by atoms with Crippen LogP contribution < -0.4 is 11.1 Å². The van der Waals surface area contributed by atoms with Crippen LogP contribution in [0.5, 0.6) is 0 Å². The van der Waals surface area contributed by atoms with E-state index in [2.05, 4.69) is 5.32 Å². The molecule has 0 aliphatic heterocycles. The summed E-state index contributed by atoms with van der Waals surface area (Å²) in [6, 6.07) is 9.90. The molecule has 1 aliphatic rings. The topological polar surface area (TPSA) is 75.4 Å². The zero-order chi connectivity index (χ0) is 18.1. The number of nitrogens with zero attached hydrogens (tertiary/aromatic N) is 1. The second kappa shape index (κ2) is 10.2. The summed E-state index contributed by atoms with van der Waals surface area (Å²) in [5.41, 5.74) is 6.95. The first kappa shape index (κ1) is 19.4. The highest BCUT2D eigenvalue weighted by Crippen LogP contribution is 2.26. The lowest BCUT2D eigenvalue weighted by atomic mass is 9.84. The first-order valence-corrected chi connectivity index (χ1v) is 9.39. The Morgan fingerprint density at radius 2 is 1.88 bits per heavy atom. The number of hydrogen-bond acceptors (Lipinski definition) is 3. The predicted molar refractivity (Wildman–Crippen MR) is 99.7 cm³/mol. The van der Waals surface area contributed by atoms with Crippen molar-refractivity contribution in [3.63, 3.8) is 0 Å². The second-order valence-corrected chi connectivity index (χ2v) is 6.98. The molecule has 1 aliphatic carbocycles. The first-order chi connectivity index (χ1) is 12.1. The largest absolute Gasteiger partial charge is 0.352 e. The summed E-state index contributed by atoms with van der Waals surface area (Å²) in [7, 11) is 0. The Bertz CT molecular complexity index is 541. The van der Waals surface area contributed by atoms with E-state index in [4.69, 9.17) is 5.73 Å². The van der Waals surface area contributed by atoms with Crippen molar-refractivity contribution in [3.8, 4) is 0 Å². The molecule has 3 N–H and O–H groups in total. The Balaban J connectivity index is 1.82. The van der Waals surface area contributed by atoms with Gasteiger partial charge in [-0.3, -0.25) is 9.59 Å². The Labute approximate surface area is 151 Å². The van der Waals surface area contributed by atoms with Gasteiger partial charge in [-0.15, -0.1) is 0 Å². The van der Waals surface area contributed by atoms with Gasteiger partial charge in [0.15, 0.2) is 0 Å². The molecule has 0 radical (unpaired) electrons. The van der Waals surface area contributed by atoms with Crippen molar-refractivity contribution in [3.05, 3.63) is 35.9 Å². The van der Waals surface area contributed by atoms with Crippen LogP contribution in [0.3, 0.4) is 0 Å². The van der Waals surface area contributed by atoms with E-state index in [1.165, 1.54) is 19.3 Å². The fraction of sp³-hybridized carbons (Fsp3) is 0.600. The van der Waals surface area contributed by atoms with Gasteiger partial charge in [0, 0.05) is 39.0 Å². The molecule has 5 nitrogen and oxygen atoms in total. The van der Waals surface area contributed by atoms with Crippen LogP contribution in [0.15, 0.2) is 30.3 Å². The summed E-state index contributed by atoms with van der Waals surface area (Å²) in [5.74, 6) is 0.468. The SMILES string of the molecule is CC(=O)N(CCC(=O)NC(CN)C1CCCCC1)Cc1ccccc1. The van der Waals surface area contributed by atoms with Gasteiger partial charge in [-0.1, -0.05) is 49.6 Å². The van der Waals surface area contributed by atoms with E-state index >= 15 is 0 Å². The Hall–Kier alpha value is -1.88. The molecule has 1 aromatic carbocycles. The molecular weight excluding hydrogens is 314 g/mol. The number of nitrogens with one attached hydrogen (secondary N) is 1. The van der Waals surface area contributed by atoms with Gasteiger partial charge in [-0.2, -0.15) is 0 Å². The van der Waals surface area contributed by atoms with Crippen LogP contribution in [-0.4, -0.2) is 35.8 Å². The molecule has 1 aromatic rings. The maximum Gasteiger partial charge on any atom is 0.222 e. The maximum absolute atomic E-state index is 12.3. The number of hydrogen-bond donors (Lipinski definition) is 2. The Kier molecular flexibility index (Phi) is 7.92. The van der Waals surface area contributed by atoms with Gasteiger partial charge in [-0.25, -0.2) is 0 Å². The highest BCUT2D eigenvalue weighted by molar-refractivity contribution is 5.78. The van der Waals surface area contributed by atoms with Crippen molar-refractivity contribution in [2.75, 3.05) is 13.1 Å². The van der Waals surface area contributed by atoms with Gasteiger partial charge in [0.05, 0.1) is 0 Å². The molecule has 25 heavy (non-hydrogen) atoms. The molecule has 0 heterocycles. The number of amides is 2. The lowest BCUT2D eigenvalue weighted by Gasteiger charge is -2.30. The van der Waals surface area contributed by atoms with E-state index in [-0.39, 0.29) is 17.9 Å². The van der Waals surface area contributed by atoms with Crippen molar-refractivity contribution in [1.29, 1.82) is 0 Å². The molecule has 138 valence electrons. The molecule has 2 rings (SSSR count). The van der Waals surface area contributed by atoms with Crippen LogP contribution in [0.25, 0.3) is 0 Å². The van der Waals surface area contributed by atoms with Gasteiger partial charge in [0.2, 0.25) is 11.8 Å². The molecular formula is C20H31N3O2. The van der Waals surface area contributed by atoms with Gasteiger partial charge in [0.25, 0.3) is 0 Å². The van der Waals surface area contributed by atoms with Gasteiger partial charge in [0.1, 0.15) is 0 Å². The van der Waals surface area contributed by atoms with E-state index in [1.807, 2.05) is 30.3 Å². The number of nitrogens with two attached hydrogens (primary N) is 1. The standard InChI is InChI=1S/C20H31N3O2/c1-16(24)23(15-17-8-4-2-5-9-17)13-12-20(25)22-19(14-21)18-10-6-3-7-11-18/h2,4-5,8-9,18-19H,3,6-7,10-15,21H2,1H3,(H,22,25). The minimum absolute atomic E-state index is 0.0136. The van der Waals surface area contributed by atoms with Crippen LogP contribution >= 0.6 is 0 Å². The second-order valence-electron chi connectivity index (χ2n) is 6.98.